The zero-order valence-corrected chi connectivity index (χ0v) is 17.6. The summed E-state index contributed by atoms with van der Waals surface area (Å²) in [4.78, 5) is 0. The van der Waals surface area contributed by atoms with Gasteiger partial charge in [0.2, 0.25) is 0 Å². The fourth-order valence-electron chi connectivity index (χ4n) is 5.06. The molecular formula is C24H43NO. The van der Waals surface area contributed by atoms with E-state index in [1.807, 2.05) is 0 Å². The Labute approximate surface area is 163 Å². The van der Waals surface area contributed by atoms with E-state index >= 15 is 0 Å². The van der Waals surface area contributed by atoms with Crippen LogP contribution in [0, 0.1) is 28.6 Å². The number of unbranched alkanes of at least 4 members (excludes halogenated alkanes) is 4. The van der Waals surface area contributed by atoms with Crippen LogP contribution in [0.1, 0.15) is 117 Å². The minimum atomic E-state index is -0.0360. The van der Waals surface area contributed by atoms with Crippen LogP contribution < -0.4 is 0 Å². The molecule has 0 aromatic carbocycles. The average molecular weight is 362 g/mol. The van der Waals surface area contributed by atoms with E-state index in [1.165, 1.54) is 70.6 Å². The van der Waals surface area contributed by atoms with Crippen molar-refractivity contribution >= 4 is 0 Å². The second-order valence-corrected chi connectivity index (χ2v) is 9.26. The van der Waals surface area contributed by atoms with E-state index < -0.39 is 0 Å². The van der Waals surface area contributed by atoms with Gasteiger partial charge in [-0.2, -0.15) is 5.26 Å². The molecule has 2 fully saturated rings. The topological polar surface area (TPSA) is 33.0 Å². The molecule has 2 rings (SSSR count). The minimum absolute atomic E-state index is 0.0360. The molecule has 0 saturated heterocycles. The van der Waals surface area contributed by atoms with E-state index in [0.717, 1.165) is 50.5 Å². The molecule has 0 aromatic heterocycles. The van der Waals surface area contributed by atoms with E-state index in [1.54, 1.807) is 0 Å². The van der Waals surface area contributed by atoms with Gasteiger partial charge < -0.3 is 4.74 Å². The summed E-state index contributed by atoms with van der Waals surface area (Å²) in [6, 6.07) is 2.65. The first-order chi connectivity index (χ1) is 12.7. The quantitative estimate of drug-likeness (QED) is 0.359. The number of ether oxygens (including phenoxy) is 1. The lowest BCUT2D eigenvalue weighted by atomic mass is 9.71. The van der Waals surface area contributed by atoms with Crippen LogP contribution in [0.5, 0.6) is 0 Å². The lowest BCUT2D eigenvalue weighted by Gasteiger charge is -2.36. The Hall–Kier alpha value is -0.550. The van der Waals surface area contributed by atoms with E-state index in [9.17, 15) is 5.26 Å². The van der Waals surface area contributed by atoms with Gasteiger partial charge in [0.25, 0.3) is 0 Å². The van der Waals surface area contributed by atoms with Gasteiger partial charge in [-0.3, -0.25) is 0 Å². The molecule has 0 aromatic rings. The van der Waals surface area contributed by atoms with Gasteiger partial charge in [0.05, 0.1) is 17.6 Å². The molecule has 0 bridgehead atoms. The molecule has 2 nitrogen and oxygen atoms in total. The number of nitriles is 1. The molecule has 0 radical (unpaired) electrons. The molecule has 2 aliphatic carbocycles. The monoisotopic (exact) mass is 361 g/mol. The fraction of sp³-hybridized carbons (Fsp3) is 0.958. The van der Waals surface area contributed by atoms with Crippen molar-refractivity contribution in [2.75, 3.05) is 6.61 Å². The molecule has 0 N–H and O–H groups in total. The predicted octanol–water partition coefficient (Wildman–Crippen LogP) is 7.42. The Balaban J connectivity index is 1.57. The van der Waals surface area contributed by atoms with Crippen LogP contribution in [0.3, 0.4) is 0 Å². The summed E-state index contributed by atoms with van der Waals surface area (Å²) in [7, 11) is 0. The normalized spacial score (nSPS) is 32.3. The molecule has 2 heteroatoms. The van der Waals surface area contributed by atoms with Crippen molar-refractivity contribution in [3.8, 4) is 6.07 Å². The SMILES string of the molecule is CCCCCCC1CCC(COC2CCC(C#N)(CCCC)CC2)CC1. The highest BCUT2D eigenvalue weighted by Crippen LogP contribution is 2.41. The second kappa shape index (κ2) is 12.0. The third-order valence-electron chi connectivity index (χ3n) is 7.14. The van der Waals surface area contributed by atoms with Gasteiger partial charge >= 0.3 is 0 Å². The summed E-state index contributed by atoms with van der Waals surface area (Å²) in [5, 5.41) is 9.61. The van der Waals surface area contributed by atoms with Gasteiger partial charge in [-0.25, -0.2) is 0 Å². The molecule has 2 saturated carbocycles. The third-order valence-corrected chi connectivity index (χ3v) is 7.14. The van der Waals surface area contributed by atoms with Crippen molar-refractivity contribution < 1.29 is 4.74 Å². The van der Waals surface area contributed by atoms with Gasteiger partial charge in [-0.1, -0.05) is 71.6 Å². The summed E-state index contributed by atoms with van der Waals surface area (Å²) in [5.74, 6) is 1.79. The van der Waals surface area contributed by atoms with E-state index in [4.69, 9.17) is 4.74 Å². The largest absolute Gasteiger partial charge is 0.378 e. The molecule has 0 aliphatic heterocycles. The van der Waals surface area contributed by atoms with Gasteiger partial charge in [0.15, 0.2) is 0 Å². The van der Waals surface area contributed by atoms with Gasteiger partial charge in [0, 0.05) is 6.61 Å². The summed E-state index contributed by atoms with van der Waals surface area (Å²) in [6.07, 6.45) is 20.9. The zero-order valence-electron chi connectivity index (χ0n) is 17.6. The molecule has 0 heterocycles. The van der Waals surface area contributed by atoms with E-state index in [0.29, 0.717) is 6.10 Å². The number of hydrogen-bond acceptors (Lipinski definition) is 2. The Morgan fingerprint density at radius 2 is 1.50 bits per heavy atom. The third kappa shape index (κ3) is 7.22. The van der Waals surface area contributed by atoms with Crippen molar-refractivity contribution in [3.05, 3.63) is 0 Å². The van der Waals surface area contributed by atoms with E-state index in [-0.39, 0.29) is 5.41 Å². The van der Waals surface area contributed by atoms with Crippen molar-refractivity contribution in [1.82, 2.24) is 0 Å². The lowest BCUT2D eigenvalue weighted by Crippen LogP contribution is -2.31. The Bertz CT molecular complexity index is 397. The predicted molar refractivity (Wildman–Crippen MR) is 110 cm³/mol. The van der Waals surface area contributed by atoms with Crippen molar-refractivity contribution in [3.63, 3.8) is 0 Å². The minimum Gasteiger partial charge on any atom is -0.378 e. The summed E-state index contributed by atoms with van der Waals surface area (Å²) >= 11 is 0. The first-order valence-corrected chi connectivity index (χ1v) is 11.7. The van der Waals surface area contributed by atoms with Crippen LogP contribution in [-0.2, 0) is 4.74 Å². The summed E-state index contributed by atoms with van der Waals surface area (Å²) in [6.45, 7) is 5.49. The highest BCUT2D eigenvalue weighted by Gasteiger charge is 2.35. The Morgan fingerprint density at radius 3 is 2.12 bits per heavy atom. The van der Waals surface area contributed by atoms with Crippen LogP contribution in [0.2, 0.25) is 0 Å². The standard InChI is InChI=1S/C24H43NO/c1-3-5-7-8-9-21-10-12-22(13-11-21)19-26-23-14-17-24(20-25,18-15-23)16-6-4-2/h21-23H,3-19H2,1-2H3. The number of hydrogen-bond donors (Lipinski definition) is 0. The zero-order chi connectivity index (χ0) is 18.7. The lowest BCUT2D eigenvalue weighted by molar-refractivity contribution is -0.0184. The van der Waals surface area contributed by atoms with Crippen LogP contribution in [-0.4, -0.2) is 12.7 Å². The Morgan fingerprint density at radius 1 is 0.846 bits per heavy atom. The first-order valence-electron chi connectivity index (χ1n) is 11.7. The molecule has 150 valence electrons. The average Bonchev–Trinajstić information content (AvgIpc) is 2.70. The smallest absolute Gasteiger partial charge is 0.0689 e. The highest BCUT2D eigenvalue weighted by molar-refractivity contribution is 5.01. The van der Waals surface area contributed by atoms with Crippen LogP contribution in [0.25, 0.3) is 0 Å². The highest BCUT2D eigenvalue weighted by atomic mass is 16.5. The van der Waals surface area contributed by atoms with Gasteiger partial charge in [-0.15, -0.1) is 0 Å². The van der Waals surface area contributed by atoms with Gasteiger partial charge in [0.1, 0.15) is 0 Å². The van der Waals surface area contributed by atoms with Crippen molar-refractivity contribution in [2.45, 2.75) is 123 Å². The molecule has 0 amide bonds. The van der Waals surface area contributed by atoms with Gasteiger partial charge in [-0.05, 0) is 56.8 Å². The number of rotatable bonds is 11. The number of nitrogens with zero attached hydrogens (tertiary/aromatic N) is 1. The molecule has 0 atom stereocenters. The summed E-state index contributed by atoms with van der Waals surface area (Å²) in [5.41, 5.74) is -0.0360. The van der Waals surface area contributed by atoms with Crippen LogP contribution in [0.4, 0.5) is 0 Å². The molecule has 0 unspecified atom stereocenters. The fourth-order valence-corrected chi connectivity index (χ4v) is 5.06. The van der Waals surface area contributed by atoms with Crippen molar-refractivity contribution in [1.29, 1.82) is 5.26 Å². The van der Waals surface area contributed by atoms with Crippen LogP contribution >= 0.6 is 0 Å². The summed E-state index contributed by atoms with van der Waals surface area (Å²) < 4.78 is 6.30. The first kappa shape index (κ1) is 21.7. The Kier molecular flexibility index (Phi) is 10.1. The maximum atomic E-state index is 9.61. The molecule has 0 spiro atoms. The second-order valence-electron chi connectivity index (χ2n) is 9.26. The van der Waals surface area contributed by atoms with Crippen molar-refractivity contribution in [2.24, 2.45) is 17.3 Å². The maximum Gasteiger partial charge on any atom is 0.0689 e. The molecule has 26 heavy (non-hydrogen) atoms. The maximum absolute atomic E-state index is 9.61. The van der Waals surface area contributed by atoms with E-state index in [2.05, 4.69) is 19.9 Å². The molecule has 2 aliphatic rings. The molecular weight excluding hydrogens is 318 g/mol. The van der Waals surface area contributed by atoms with Crippen LogP contribution in [0.15, 0.2) is 0 Å².